The van der Waals surface area contributed by atoms with Crippen LogP contribution in [-0.4, -0.2) is 23.0 Å². The quantitative estimate of drug-likeness (QED) is 0.677. The van der Waals surface area contributed by atoms with E-state index in [1.807, 2.05) is 6.92 Å². The molecule has 0 fully saturated rings. The van der Waals surface area contributed by atoms with E-state index in [0.29, 0.717) is 10.7 Å². The summed E-state index contributed by atoms with van der Waals surface area (Å²) < 4.78 is 0. The lowest BCUT2D eigenvalue weighted by Gasteiger charge is -2.16. The van der Waals surface area contributed by atoms with E-state index in [0.717, 1.165) is 5.75 Å². The number of carbonyl (C=O) groups is 1. The Balaban J connectivity index is 2.22. The van der Waals surface area contributed by atoms with Crippen molar-refractivity contribution in [2.75, 3.05) is 5.75 Å². The third-order valence-electron chi connectivity index (χ3n) is 1.65. The number of amidine groups is 1. The molecule has 1 atom stereocenters. The van der Waals surface area contributed by atoms with Crippen molar-refractivity contribution in [1.29, 1.82) is 0 Å². The van der Waals surface area contributed by atoms with Gasteiger partial charge >= 0.3 is 0 Å². The number of hydrogen-bond donors (Lipinski definition) is 1. The average molecular weight is 196 g/mol. The smallest absolute Gasteiger partial charge is 0.258 e. The number of hydrogen-bond acceptors (Lipinski definition) is 5. The lowest BCUT2D eigenvalue weighted by molar-refractivity contribution is -0.116. The summed E-state index contributed by atoms with van der Waals surface area (Å²) in [5.74, 6) is 0.739. The van der Waals surface area contributed by atoms with E-state index in [2.05, 4.69) is 20.5 Å². The second-order valence-corrected chi connectivity index (χ2v) is 3.76. The predicted molar refractivity (Wildman–Crippen MR) is 50.4 cm³/mol. The van der Waals surface area contributed by atoms with Gasteiger partial charge in [0, 0.05) is 0 Å². The molecule has 2 aliphatic heterocycles. The van der Waals surface area contributed by atoms with Crippen molar-refractivity contribution in [3.63, 3.8) is 0 Å². The molecule has 0 aromatic rings. The average Bonchev–Trinajstić information content (AvgIpc) is 2.53. The number of nitrogens with one attached hydrogen (secondary N) is 1. The van der Waals surface area contributed by atoms with Crippen LogP contribution in [0.2, 0.25) is 0 Å². The first-order chi connectivity index (χ1) is 6.31. The van der Waals surface area contributed by atoms with Crippen molar-refractivity contribution in [3.8, 4) is 0 Å². The Labute approximate surface area is 79.4 Å². The van der Waals surface area contributed by atoms with Crippen molar-refractivity contribution < 1.29 is 4.79 Å². The third kappa shape index (κ3) is 1.49. The lowest BCUT2D eigenvalue weighted by Crippen LogP contribution is -2.37. The lowest BCUT2D eigenvalue weighted by atomic mass is 10.2. The summed E-state index contributed by atoms with van der Waals surface area (Å²) in [6.07, 6.45) is 1.06. The van der Waals surface area contributed by atoms with Gasteiger partial charge in [0.25, 0.3) is 5.91 Å². The molecule has 2 aliphatic rings. The van der Waals surface area contributed by atoms with Gasteiger partial charge in [-0.1, -0.05) is 18.7 Å². The molecule has 1 N–H and O–H groups in total. The van der Waals surface area contributed by atoms with E-state index in [1.165, 1.54) is 18.0 Å². The van der Waals surface area contributed by atoms with E-state index in [1.54, 1.807) is 0 Å². The molecule has 0 saturated carbocycles. The largest absolute Gasteiger partial charge is 0.301 e. The molecule has 0 spiro atoms. The topological polar surface area (TPSA) is 66.2 Å². The Morgan fingerprint density at radius 1 is 1.69 bits per heavy atom. The molecule has 6 heteroatoms. The van der Waals surface area contributed by atoms with E-state index < -0.39 is 6.17 Å². The molecule has 0 aromatic heterocycles. The minimum Gasteiger partial charge on any atom is -0.301 e. The highest BCUT2D eigenvalue weighted by Crippen LogP contribution is 2.21. The zero-order valence-electron chi connectivity index (χ0n) is 7.02. The van der Waals surface area contributed by atoms with E-state index in [-0.39, 0.29) is 5.91 Å². The molecule has 68 valence electrons. The highest BCUT2D eigenvalue weighted by molar-refractivity contribution is 8.13. The maximum atomic E-state index is 11.4. The Morgan fingerprint density at radius 3 is 3.31 bits per heavy atom. The van der Waals surface area contributed by atoms with Crippen LogP contribution < -0.4 is 5.32 Å². The molecule has 5 nitrogen and oxygen atoms in total. The fourth-order valence-corrected chi connectivity index (χ4v) is 1.69. The molecule has 2 rings (SSSR count). The molecule has 1 unspecified atom stereocenters. The van der Waals surface area contributed by atoms with Gasteiger partial charge in [-0.2, -0.15) is 10.2 Å². The zero-order valence-corrected chi connectivity index (χ0v) is 7.84. The number of carbonyl (C=O) groups excluding carboxylic acids is 1. The number of fused-ring (bicyclic) bond motifs is 1. The van der Waals surface area contributed by atoms with Crippen LogP contribution in [0.4, 0.5) is 0 Å². The summed E-state index contributed by atoms with van der Waals surface area (Å²) in [6.45, 7) is 2.00. The second-order valence-electron chi connectivity index (χ2n) is 2.51. The molecular formula is C7H8N4OS. The third-order valence-corrected chi connectivity index (χ3v) is 2.42. The molecule has 1 amide bonds. The van der Waals surface area contributed by atoms with Gasteiger partial charge in [0.2, 0.25) is 0 Å². The number of aliphatic imine (C=N–C) groups is 1. The van der Waals surface area contributed by atoms with Gasteiger partial charge in [-0.05, 0) is 5.75 Å². The molecule has 0 bridgehead atoms. The Bertz CT molecular complexity index is 333. The van der Waals surface area contributed by atoms with Crippen LogP contribution in [0.25, 0.3) is 0 Å². The zero-order chi connectivity index (χ0) is 9.26. The van der Waals surface area contributed by atoms with Crippen LogP contribution in [0, 0.1) is 0 Å². The van der Waals surface area contributed by atoms with Gasteiger partial charge in [-0.15, -0.1) is 0 Å². The summed E-state index contributed by atoms with van der Waals surface area (Å²) in [6, 6.07) is 0. The number of amides is 1. The van der Waals surface area contributed by atoms with Crippen LogP contribution in [0.1, 0.15) is 6.92 Å². The molecule has 0 aromatic carbocycles. The predicted octanol–water partition coefficient (Wildman–Crippen LogP) is 0.901. The van der Waals surface area contributed by atoms with Gasteiger partial charge in [0.1, 0.15) is 0 Å². The molecule has 0 radical (unpaired) electrons. The SMILES string of the molecule is CCSC1=NC2N=NC=C2C(=O)N1. The fourth-order valence-electron chi connectivity index (χ4n) is 1.08. The van der Waals surface area contributed by atoms with E-state index in [4.69, 9.17) is 0 Å². The van der Waals surface area contributed by atoms with Gasteiger partial charge in [0.05, 0.1) is 11.8 Å². The summed E-state index contributed by atoms with van der Waals surface area (Å²) in [4.78, 5) is 15.6. The summed E-state index contributed by atoms with van der Waals surface area (Å²) >= 11 is 1.49. The van der Waals surface area contributed by atoms with Gasteiger partial charge < -0.3 is 5.32 Å². The Hall–Kier alpha value is -1.17. The normalized spacial score (nSPS) is 25.0. The van der Waals surface area contributed by atoms with E-state index in [9.17, 15) is 4.79 Å². The van der Waals surface area contributed by atoms with Gasteiger partial charge in [0.15, 0.2) is 11.3 Å². The molecule has 13 heavy (non-hydrogen) atoms. The van der Waals surface area contributed by atoms with Crippen molar-refractivity contribution in [2.24, 2.45) is 15.2 Å². The van der Waals surface area contributed by atoms with Crippen LogP contribution in [-0.2, 0) is 4.79 Å². The standard InChI is InChI=1S/C7H8N4OS/c1-2-13-7-9-5-4(3-8-11-5)6(12)10-7/h3,5H,2H2,1H3,(H,9,10,12). The van der Waals surface area contributed by atoms with Crippen LogP contribution >= 0.6 is 11.8 Å². The molecule has 0 saturated heterocycles. The fraction of sp³-hybridized carbons (Fsp3) is 0.429. The molecular weight excluding hydrogens is 188 g/mol. The highest BCUT2D eigenvalue weighted by atomic mass is 32.2. The van der Waals surface area contributed by atoms with Gasteiger partial charge in [-0.25, -0.2) is 4.99 Å². The van der Waals surface area contributed by atoms with Crippen molar-refractivity contribution in [3.05, 3.63) is 11.8 Å². The van der Waals surface area contributed by atoms with Gasteiger partial charge in [-0.3, -0.25) is 4.79 Å². The van der Waals surface area contributed by atoms with Crippen LogP contribution in [0.3, 0.4) is 0 Å². The molecule has 0 aliphatic carbocycles. The van der Waals surface area contributed by atoms with Crippen LogP contribution in [0.15, 0.2) is 27.0 Å². The Morgan fingerprint density at radius 2 is 2.54 bits per heavy atom. The highest BCUT2D eigenvalue weighted by Gasteiger charge is 2.29. The first-order valence-electron chi connectivity index (χ1n) is 3.93. The van der Waals surface area contributed by atoms with E-state index >= 15 is 0 Å². The maximum Gasteiger partial charge on any atom is 0.258 e. The number of nitrogens with zero attached hydrogens (tertiary/aromatic N) is 3. The summed E-state index contributed by atoms with van der Waals surface area (Å²) in [5, 5.41) is 10.8. The van der Waals surface area contributed by atoms with Crippen molar-refractivity contribution >= 4 is 22.8 Å². The summed E-state index contributed by atoms with van der Waals surface area (Å²) in [5.41, 5.74) is 0.528. The Kier molecular flexibility index (Phi) is 2.13. The van der Waals surface area contributed by atoms with Crippen molar-refractivity contribution in [1.82, 2.24) is 5.32 Å². The minimum absolute atomic E-state index is 0.138. The number of thioether (sulfide) groups is 1. The van der Waals surface area contributed by atoms with Crippen LogP contribution in [0.5, 0.6) is 0 Å². The number of rotatable bonds is 1. The maximum absolute atomic E-state index is 11.4. The monoisotopic (exact) mass is 196 g/mol. The minimum atomic E-state index is -0.400. The van der Waals surface area contributed by atoms with Crippen molar-refractivity contribution in [2.45, 2.75) is 13.1 Å². The molecule has 2 heterocycles. The summed E-state index contributed by atoms with van der Waals surface area (Å²) in [7, 11) is 0. The number of azo groups is 1. The first-order valence-corrected chi connectivity index (χ1v) is 4.92. The first kappa shape index (κ1) is 8.43. The second kappa shape index (κ2) is 3.29.